The molecule has 3 aromatic heterocycles. The lowest BCUT2D eigenvalue weighted by molar-refractivity contribution is 0.312. The number of likely N-dealkylation sites (N-methyl/N-ethyl adjacent to an activating group) is 1. The van der Waals surface area contributed by atoms with Gasteiger partial charge in [0, 0.05) is 45.1 Å². The fourth-order valence-corrected chi connectivity index (χ4v) is 4.46. The summed E-state index contributed by atoms with van der Waals surface area (Å²) in [6, 6.07) is 11.0. The van der Waals surface area contributed by atoms with Gasteiger partial charge in [0.2, 0.25) is 0 Å². The van der Waals surface area contributed by atoms with Crippen molar-refractivity contribution in [2.45, 2.75) is 31.8 Å². The molecule has 1 fully saturated rings. The Bertz CT molecular complexity index is 957. The van der Waals surface area contributed by atoms with Gasteiger partial charge >= 0.3 is 0 Å². The van der Waals surface area contributed by atoms with E-state index in [1.165, 1.54) is 23.5 Å². The van der Waals surface area contributed by atoms with Gasteiger partial charge in [0.05, 0.1) is 17.4 Å². The number of nitrogens with one attached hydrogen (secondary N) is 1. The van der Waals surface area contributed by atoms with Crippen LogP contribution in [0.4, 0.5) is 5.82 Å². The maximum Gasteiger partial charge on any atom is 0.138 e. The van der Waals surface area contributed by atoms with Crippen LogP contribution in [0.25, 0.3) is 5.65 Å². The van der Waals surface area contributed by atoms with Crippen molar-refractivity contribution in [2.75, 3.05) is 38.1 Å². The summed E-state index contributed by atoms with van der Waals surface area (Å²) < 4.78 is 2.25. The normalized spacial score (nSPS) is 20.5. The minimum Gasteiger partial charge on any atom is -0.355 e. The van der Waals surface area contributed by atoms with Crippen LogP contribution in [0.5, 0.6) is 0 Å². The molecule has 28 heavy (non-hydrogen) atoms. The summed E-state index contributed by atoms with van der Waals surface area (Å²) in [6.07, 6.45) is 7.60. The number of nitrogens with zero attached hydrogens (tertiary/aromatic N) is 5. The van der Waals surface area contributed by atoms with E-state index < -0.39 is 0 Å². The topological polar surface area (TPSA) is 48.7 Å². The second kappa shape index (κ2) is 7.53. The molecule has 1 aliphatic carbocycles. The first-order valence-electron chi connectivity index (χ1n) is 10.4. The third-order valence-corrected chi connectivity index (χ3v) is 6.07. The zero-order valence-electron chi connectivity index (χ0n) is 16.5. The molecule has 146 valence electrons. The highest BCUT2D eigenvalue weighted by Gasteiger charge is 2.21. The number of hydrogen-bond donors (Lipinski definition) is 1. The first-order chi connectivity index (χ1) is 13.8. The number of aryl methyl sites for hydroxylation is 1. The first-order valence-corrected chi connectivity index (χ1v) is 10.4. The maximum absolute atomic E-state index is 4.87. The molecule has 0 saturated carbocycles. The molecule has 1 N–H and O–H groups in total. The smallest absolute Gasteiger partial charge is 0.138 e. The SMILES string of the molecule is CN1CCN(c2cccc3nc(CNC4CCCc5cccnc54)cn23)CC1. The van der Waals surface area contributed by atoms with Crippen LogP contribution in [0.1, 0.15) is 35.8 Å². The highest BCUT2D eigenvalue weighted by Crippen LogP contribution is 2.28. The van der Waals surface area contributed by atoms with Gasteiger partial charge in [0.1, 0.15) is 11.5 Å². The van der Waals surface area contributed by atoms with E-state index in [4.69, 9.17) is 4.98 Å². The average molecular weight is 377 g/mol. The van der Waals surface area contributed by atoms with E-state index in [1.807, 2.05) is 12.3 Å². The van der Waals surface area contributed by atoms with E-state index in [9.17, 15) is 0 Å². The number of rotatable bonds is 4. The molecule has 0 spiro atoms. The quantitative estimate of drug-likeness (QED) is 0.759. The van der Waals surface area contributed by atoms with Crippen LogP contribution in [0.2, 0.25) is 0 Å². The van der Waals surface area contributed by atoms with Crippen molar-refractivity contribution in [3.63, 3.8) is 0 Å². The highest BCUT2D eigenvalue weighted by atomic mass is 15.3. The standard InChI is InChI=1S/C22H28N6/c1-26-11-13-27(14-12-26)21-9-3-8-20-25-18(16-28(20)21)15-24-19-7-2-5-17-6-4-10-23-22(17)19/h3-4,6,8-10,16,19,24H,2,5,7,11-15H2,1H3. The molecule has 3 aromatic rings. The van der Waals surface area contributed by atoms with Crippen LogP contribution in [0, 0.1) is 0 Å². The predicted molar refractivity (Wildman–Crippen MR) is 112 cm³/mol. The lowest BCUT2D eigenvalue weighted by Gasteiger charge is -2.34. The summed E-state index contributed by atoms with van der Waals surface area (Å²) in [5.41, 5.74) is 4.72. The number of fused-ring (bicyclic) bond motifs is 2. The lowest BCUT2D eigenvalue weighted by Crippen LogP contribution is -2.45. The second-order valence-electron chi connectivity index (χ2n) is 8.01. The zero-order chi connectivity index (χ0) is 18.9. The number of piperazine rings is 1. The third-order valence-electron chi connectivity index (χ3n) is 6.07. The monoisotopic (exact) mass is 376 g/mol. The molecule has 2 aliphatic rings. The average Bonchev–Trinajstić information content (AvgIpc) is 3.16. The van der Waals surface area contributed by atoms with Crippen molar-refractivity contribution < 1.29 is 0 Å². The molecule has 6 heteroatoms. The minimum atomic E-state index is 0.326. The van der Waals surface area contributed by atoms with Crippen molar-refractivity contribution in [1.82, 2.24) is 24.6 Å². The minimum absolute atomic E-state index is 0.326. The molecule has 5 rings (SSSR count). The number of pyridine rings is 2. The molecule has 0 bridgehead atoms. The summed E-state index contributed by atoms with van der Waals surface area (Å²) in [4.78, 5) is 14.4. The Morgan fingerprint density at radius 1 is 1.11 bits per heavy atom. The Kier molecular flexibility index (Phi) is 4.74. The highest BCUT2D eigenvalue weighted by molar-refractivity contribution is 5.52. The van der Waals surface area contributed by atoms with E-state index >= 15 is 0 Å². The van der Waals surface area contributed by atoms with Gasteiger partial charge in [-0.3, -0.25) is 9.38 Å². The van der Waals surface area contributed by atoms with Crippen LogP contribution < -0.4 is 10.2 Å². The van der Waals surface area contributed by atoms with Crippen LogP contribution in [0.3, 0.4) is 0 Å². The molecule has 1 aliphatic heterocycles. The molecule has 6 nitrogen and oxygen atoms in total. The largest absolute Gasteiger partial charge is 0.355 e. The lowest BCUT2D eigenvalue weighted by atomic mass is 9.92. The molecule has 1 unspecified atom stereocenters. The van der Waals surface area contributed by atoms with E-state index in [1.54, 1.807) is 0 Å². The summed E-state index contributed by atoms with van der Waals surface area (Å²) in [5, 5.41) is 3.70. The zero-order valence-corrected chi connectivity index (χ0v) is 16.5. The Morgan fingerprint density at radius 3 is 2.89 bits per heavy atom. The van der Waals surface area contributed by atoms with Crippen LogP contribution in [0.15, 0.2) is 42.7 Å². The second-order valence-corrected chi connectivity index (χ2v) is 8.01. The summed E-state index contributed by atoms with van der Waals surface area (Å²) in [7, 11) is 2.19. The molecule has 4 heterocycles. The van der Waals surface area contributed by atoms with Crippen molar-refractivity contribution in [2.24, 2.45) is 0 Å². The van der Waals surface area contributed by atoms with Gasteiger partial charge < -0.3 is 15.1 Å². The van der Waals surface area contributed by atoms with E-state index in [0.29, 0.717) is 6.04 Å². The molecule has 0 amide bonds. The Hall–Kier alpha value is -2.44. The number of hydrogen-bond acceptors (Lipinski definition) is 5. The Labute approximate surface area is 166 Å². The molecule has 0 radical (unpaired) electrons. The Balaban J connectivity index is 1.34. The number of imidazole rings is 1. The van der Waals surface area contributed by atoms with Gasteiger partial charge in [-0.2, -0.15) is 0 Å². The molecule has 1 saturated heterocycles. The van der Waals surface area contributed by atoms with Crippen molar-refractivity contribution in [3.05, 3.63) is 59.7 Å². The van der Waals surface area contributed by atoms with E-state index in [0.717, 1.165) is 56.9 Å². The van der Waals surface area contributed by atoms with E-state index in [-0.39, 0.29) is 0 Å². The number of aromatic nitrogens is 3. The van der Waals surface area contributed by atoms with Crippen molar-refractivity contribution in [1.29, 1.82) is 0 Å². The van der Waals surface area contributed by atoms with Gasteiger partial charge in [0.15, 0.2) is 0 Å². The fourth-order valence-electron chi connectivity index (χ4n) is 4.46. The van der Waals surface area contributed by atoms with Crippen LogP contribution in [-0.2, 0) is 13.0 Å². The molecular formula is C22H28N6. The van der Waals surface area contributed by atoms with Crippen molar-refractivity contribution in [3.8, 4) is 0 Å². The van der Waals surface area contributed by atoms with Gasteiger partial charge in [-0.05, 0) is 50.1 Å². The fraction of sp³-hybridized carbons (Fsp3) is 0.455. The molecular weight excluding hydrogens is 348 g/mol. The van der Waals surface area contributed by atoms with Gasteiger partial charge in [-0.1, -0.05) is 12.1 Å². The molecule has 0 aromatic carbocycles. The third kappa shape index (κ3) is 3.38. The summed E-state index contributed by atoms with van der Waals surface area (Å²) in [5.74, 6) is 1.24. The van der Waals surface area contributed by atoms with Crippen molar-refractivity contribution >= 4 is 11.5 Å². The van der Waals surface area contributed by atoms with E-state index in [2.05, 4.69) is 62.0 Å². The Morgan fingerprint density at radius 2 is 2.00 bits per heavy atom. The first kappa shape index (κ1) is 17.6. The van der Waals surface area contributed by atoms with Gasteiger partial charge in [-0.15, -0.1) is 0 Å². The summed E-state index contributed by atoms with van der Waals surface area (Å²) in [6.45, 7) is 5.10. The molecule has 1 atom stereocenters. The maximum atomic E-state index is 4.87. The van der Waals surface area contributed by atoms with Crippen LogP contribution >= 0.6 is 0 Å². The summed E-state index contributed by atoms with van der Waals surface area (Å²) >= 11 is 0. The van der Waals surface area contributed by atoms with Gasteiger partial charge in [-0.25, -0.2) is 4.98 Å². The number of anilines is 1. The predicted octanol–water partition coefficient (Wildman–Crippen LogP) is 2.65. The van der Waals surface area contributed by atoms with Crippen LogP contribution in [-0.4, -0.2) is 52.5 Å². The van der Waals surface area contributed by atoms with Gasteiger partial charge in [0.25, 0.3) is 0 Å².